The summed E-state index contributed by atoms with van der Waals surface area (Å²) in [5.74, 6) is 0.693. The van der Waals surface area contributed by atoms with Gasteiger partial charge in [0, 0.05) is 19.3 Å². The fraction of sp³-hybridized carbons (Fsp3) is 0.462. The molecule has 0 saturated carbocycles. The number of hydrogen-bond acceptors (Lipinski definition) is 4. The van der Waals surface area contributed by atoms with Crippen LogP contribution < -0.4 is 10.5 Å². The first-order chi connectivity index (χ1) is 8.19. The summed E-state index contributed by atoms with van der Waals surface area (Å²) >= 11 is 0. The molecular formula is C13H19NO3. The lowest BCUT2D eigenvalue weighted by Crippen LogP contribution is -2.30. The van der Waals surface area contributed by atoms with Crippen LogP contribution in [-0.2, 0) is 4.74 Å². The highest BCUT2D eigenvalue weighted by Crippen LogP contribution is 2.13. The Labute approximate surface area is 102 Å². The number of hydrogen-bond donors (Lipinski definition) is 1. The summed E-state index contributed by atoms with van der Waals surface area (Å²) in [5.41, 5.74) is 6.45. The van der Waals surface area contributed by atoms with E-state index < -0.39 is 6.04 Å². The highest BCUT2D eigenvalue weighted by Gasteiger charge is 2.15. The maximum atomic E-state index is 11.9. The van der Waals surface area contributed by atoms with Crippen molar-refractivity contribution in [3.63, 3.8) is 0 Å². The summed E-state index contributed by atoms with van der Waals surface area (Å²) in [5, 5.41) is 0. The van der Waals surface area contributed by atoms with Crippen molar-refractivity contribution in [3.05, 3.63) is 29.8 Å². The van der Waals surface area contributed by atoms with Gasteiger partial charge in [0.25, 0.3) is 0 Å². The van der Waals surface area contributed by atoms with Gasteiger partial charge in [-0.1, -0.05) is 0 Å². The van der Waals surface area contributed by atoms with Gasteiger partial charge in [-0.05, 0) is 37.1 Å². The molecule has 1 rings (SSSR count). The number of benzene rings is 1. The van der Waals surface area contributed by atoms with E-state index in [9.17, 15) is 4.79 Å². The third-order valence-corrected chi connectivity index (χ3v) is 2.57. The van der Waals surface area contributed by atoms with Crippen LogP contribution in [-0.4, -0.2) is 32.7 Å². The van der Waals surface area contributed by atoms with Crippen LogP contribution in [0.1, 0.15) is 23.2 Å². The molecule has 0 aromatic heterocycles. The average molecular weight is 237 g/mol. The smallest absolute Gasteiger partial charge is 0.179 e. The molecule has 0 aliphatic heterocycles. The molecule has 0 aliphatic rings. The third-order valence-electron chi connectivity index (χ3n) is 2.57. The van der Waals surface area contributed by atoms with Crippen LogP contribution in [0.4, 0.5) is 0 Å². The van der Waals surface area contributed by atoms with E-state index in [1.807, 2.05) is 0 Å². The Bertz CT molecular complexity index is 348. The normalized spacial score (nSPS) is 12.2. The molecule has 4 nitrogen and oxygen atoms in total. The number of ether oxygens (including phenoxy) is 2. The Morgan fingerprint density at radius 1 is 1.29 bits per heavy atom. The van der Waals surface area contributed by atoms with Crippen molar-refractivity contribution >= 4 is 5.78 Å². The minimum Gasteiger partial charge on any atom is -0.497 e. The zero-order valence-corrected chi connectivity index (χ0v) is 10.3. The number of Topliss-reactive ketones (excluding diaryl/α,β-unsaturated/α-hetero) is 1. The predicted molar refractivity (Wildman–Crippen MR) is 66.4 cm³/mol. The van der Waals surface area contributed by atoms with Crippen molar-refractivity contribution in [1.29, 1.82) is 0 Å². The summed E-state index contributed by atoms with van der Waals surface area (Å²) < 4.78 is 9.95. The van der Waals surface area contributed by atoms with Crippen LogP contribution in [0.5, 0.6) is 5.75 Å². The van der Waals surface area contributed by atoms with Crippen molar-refractivity contribution in [3.8, 4) is 5.75 Å². The van der Waals surface area contributed by atoms with Crippen LogP contribution >= 0.6 is 0 Å². The molecule has 1 unspecified atom stereocenters. The lowest BCUT2D eigenvalue weighted by atomic mass is 10.0. The fourth-order valence-electron chi connectivity index (χ4n) is 1.55. The number of methoxy groups -OCH3 is 2. The highest BCUT2D eigenvalue weighted by atomic mass is 16.5. The summed E-state index contributed by atoms with van der Waals surface area (Å²) in [6.45, 7) is 0.629. The van der Waals surface area contributed by atoms with E-state index in [0.717, 1.165) is 12.2 Å². The summed E-state index contributed by atoms with van der Waals surface area (Å²) in [6.07, 6.45) is 1.43. The predicted octanol–water partition coefficient (Wildman–Crippen LogP) is 1.63. The number of nitrogens with two attached hydrogens (primary N) is 1. The van der Waals surface area contributed by atoms with E-state index in [2.05, 4.69) is 0 Å². The van der Waals surface area contributed by atoms with Crippen molar-refractivity contribution < 1.29 is 14.3 Å². The van der Waals surface area contributed by atoms with E-state index >= 15 is 0 Å². The van der Waals surface area contributed by atoms with Crippen molar-refractivity contribution in [2.75, 3.05) is 20.8 Å². The summed E-state index contributed by atoms with van der Waals surface area (Å²) in [6, 6.07) is 6.53. The number of carbonyl (C=O) groups is 1. The quantitative estimate of drug-likeness (QED) is 0.578. The zero-order chi connectivity index (χ0) is 12.7. The van der Waals surface area contributed by atoms with Crippen molar-refractivity contribution in [2.24, 2.45) is 5.73 Å². The molecular weight excluding hydrogens is 218 g/mol. The monoisotopic (exact) mass is 237 g/mol. The highest BCUT2D eigenvalue weighted by molar-refractivity contribution is 6.00. The van der Waals surface area contributed by atoms with Gasteiger partial charge in [0.1, 0.15) is 5.75 Å². The first-order valence-electron chi connectivity index (χ1n) is 5.62. The fourth-order valence-corrected chi connectivity index (χ4v) is 1.55. The lowest BCUT2D eigenvalue weighted by molar-refractivity contribution is 0.0950. The molecule has 0 amide bonds. The number of rotatable bonds is 7. The van der Waals surface area contributed by atoms with Gasteiger partial charge >= 0.3 is 0 Å². The second kappa shape index (κ2) is 7.04. The van der Waals surface area contributed by atoms with Crippen LogP contribution in [0, 0.1) is 0 Å². The molecule has 94 valence electrons. The van der Waals surface area contributed by atoms with Crippen LogP contribution in [0.25, 0.3) is 0 Å². The molecule has 1 atom stereocenters. The lowest BCUT2D eigenvalue weighted by Gasteiger charge is -2.10. The molecule has 0 spiro atoms. The number of ketones is 1. The first-order valence-corrected chi connectivity index (χ1v) is 5.62. The van der Waals surface area contributed by atoms with Crippen molar-refractivity contribution in [2.45, 2.75) is 18.9 Å². The average Bonchev–Trinajstić information content (AvgIpc) is 2.38. The Morgan fingerprint density at radius 3 is 2.47 bits per heavy atom. The van der Waals surface area contributed by atoms with Gasteiger partial charge < -0.3 is 15.2 Å². The van der Waals surface area contributed by atoms with Gasteiger partial charge in [-0.25, -0.2) is 0 Å². The Hall–Kier alpha value is -1.39. The summed E-state index contributed by atoms with van der Waals surface area (Å²) in [4.78, 5) is 11.9. The molecule has 0 aliphatic carbocycles. The molecule has 2 N–H and O–H groups in total. The van der Waals surface area contributed by atoms with Gasteiger partial charge in [-0.15, -0.1) is 0 Å². The Morgan fingerprint density at radius 2 is 1.94 bits per heavy atom. The second-order valence-electron chi connectivity index (χ2n) is 3.83. The van der Waals surface area contributed by atoms with Crippen LogP contribution in [0.15, 0.2) is 24.3 Å². The third kappa shape index (κ3) is 4.17. The van der Waals surface area contributed by atoms with E-state index in [0.29, 0.717) is 18.6 Å². The van der Waals surface area contributed by atoms with Gasteiger partial charge in [0.05, 0.1) is 13.2 Å². The van der Waals surface area contributed by atoms with Crippen molar-refractivity contribution in [1.82, 2.24) is 0 Å². The van der Waals surface area contributed by atoms with Crippen LogP contribution in [0.2, 0.25) is 0 Å². The SMILES string of the molecule is COCCCC(N)C(=O)c1ccc(OC)cc1. The molecule has 0 heterocycles. The van der Waals surface area contributed by atoms with E-state index in [1.165, 1.54) is 0 Å². The minimum atomic E-state index is -0.460. The topological polar surface area (TPSA) is 61.5 Å². The molecule has 0 radical (unpaired) electrons. The molecule has 0 bridgehead atoms. The Balaban J connectivity index is 2.55. The molecule has 0 fully saturated rings. The van der Waals surface area contributed by atoms with E-state index in [4.69, 9.17) is 15.2 Å². The maximum Gasteiger partial charge on any atom is 0.179 e. The molecule has 1 aromatic rings. The molecule has 0 saturated heterocycles. The maximum absolute atomic E-state index is 11.9. The molecule has 4 heteroatoms. The van der Waals surface area contributed by atoms with Gasteiger partial charge in [0.2, 0.25) is 0 Å². The second-order valence-corrected chi connectivity index (χ2v) is 3.83. The van der Waals surface area contributed by atoms with E-state index in [1.54, 1.807) is 38.5 Å². The van der Waals surface area contributed by atoms with Gasteiger partial charge in [-0.3, -0.25) is 4.79 Å². The largest absolute Gasteiger partial charge is 0.497 e. The summed E-state index contributed by atoms with van der Waals surface area (Å²) in [7, 11) is 3.23. The Kier molecular flexibility index (Phi) is 5.66. The molecule has 17 heavy (non-hydrogen) atoms. The first kappa shape index (κ1) is 13.7. The standard InChI is InChI=1S/C13H19NO3/c1-16-9-3-4-12(14)13(15)10-5-7-11(17-2)8-6-10/h5-8,12H,3-4,9,14H2,1-2H3. The van der Waals surface area contributed by atoms with Crippen LogP contribution in [0.3, 0.4) is 0 Å². The zero-order valence-electron chi connectivity index (χ0n) is 10.3. The van der Waals surface area contributed by atoms with Gasteiger partial charge in [-0.2, -0.15) is 0 Å². The number of carbonyl (C=O) groups excluding carboxylic acids is 1. The minimum absolute atomic E-state index is 0.0382. The van der Waals surface area contributed by atoms with Gasteiger partial charge in [0.15, 0.2) is 5.78 Å². The van der Waals surface area contributed by atoms with E-state index in [-0.39, 0.29) is 5.78 Å². The molecule has 1 aromatic carbocycles.